The third-order valence-corrected chi connectivity index (χ3v) is 3.28. The molecule has 0 saturated carbocycles. The SMILES string of the molecule is Cc1ccc(SC(=O)COc2ccc(F)cc2)cc1. The van der Waals surface area contributed by atoms with Gasteiger partial charge in [-0.2, -0.15) is 0 Å². The van der Waals surface area contributed by atoms with Crippen LogP contribution in [0.15, 0.2) is 53.4 Å². The van der Waals surface area contributed by atoms with Crippen molar-refractivity contribution in [3.63, 3.8) is 0 Å². The zero-order valence-electron chi connectivity index (χ0n) is 10.4. The maximum atomic E-state index is 12.7. The van der Waals surface area contributed by atoms with Gasteiger partial charge in [-0.05, 0) is 55.1 Å². The molecule has 0 heterocycles. The van der Waals surface area contributed by atoms with Gasteiger partial charge in [0.2, 0.25) is 5.12 Å². The first-order valence-corrected chi connectivity index (χ1v) is 6.61. The summed E-state index contributed by atoms with van der Waals surface area (Å²) in [5.74, 6) is 0.159. The molecule has 19 heavy (non-hydrogen) atoms. The zero-order valence-corrected chi connectivity index (χ0v) is 11.2. The number of carbonyl (C=O) groups excluding carboxylic acids is 1. The Labute approximate surface area is 115 Å². The van der Waals surface area contributed by atoms with Crippen LogP contribution in [-0.2, 0) is 4.79 Å². The Morgan fingerprint density at radius 1 is 1.11 bits per heavy atom. The van der Waals surface area contributed by atoms with Crippen molar-refractivity contribution in [1.82, 2.24) is 0 Å². The van der Waals surface area contributed by atoms with E-state index in [2.05, 4.69) is 0 Å². The predicted molar refractivity (Wildman–Crippen MR) is 73.9 cm³/mol. The topological polar surface area (TPSA) is 26.3 Å². The van der Waals surface area contributed by atoms with Gasteiger partial charge in [0.05, 0.1) is 0 Å². The first-order chi connectivity index (χ1) is 9.13. The number of ether oxygens (including phenoxy) is 1. The van der Waals surface area contributed by atoms with Gasteiger partial charge in [0, 0.05) is 4.90 Å². The molecule has 2 nitrogen and oxygen atoms in total. The number of hydrogen-bond acceptors (Lipinski definition) is 3. The number of hydrogen-bond donors (Lipinski definition) is 0. The zero-order chi connectivity index (χ0) is 13.7. The van der Waals surface area contributed by atoms with Crippen LogP contribution in [0.5, 0.6) is 5.75 Å². The fraction of sp³-hybridized carbons (Fsp3) is 0.133. The van der Waals surface area contributed by atoms with Gasteiger partial charge in [-0.3, -0.25) is 4.79 Å². The molecule has 0 spiro atoms. The summed E-state index contributed by atoms with van der Waals surface area (Å²) in [5.41, 5.74) is 1.15. The van der Waals surface area contributed by atoms with Crippen LogP contribution in [-0.4, -0.2) is 11.7 Å². The van der Waals surface area contributed by atoms with Gasteiger partial charge in [-0.15, -0.1) is 0 Å². The molecule has 0 aliphatic heterocycles. The minimum Gasteiger partial charge on any atom is -0.485 e. The van der Waals surface area contributed by atoms with E-state index < -0.39 is 0 Å². The Balaban J connectivity index is 1.84. The highest BCUT2D eigenvalue weighted by Gasteiger charge is 2.06. The second kappa shape index (κ2) is 6.38. The molecule has 0 aliphatic rings. The van der Waals surface area contributed by atoms with Gasteiger partial charge < -0.3 is 4.74 Å². The first kappa shape index (κ1) is 13.6. The highest BCUT2D eigenvalue weighted by Crippen LogP contribution is 2.20. The summed E-state index contributed by atoms with van der Waals surface area (Å²) < 4.78 is 18.0. The fourth-order valence-corrected chi connectivity index (χ4v) is 2.09. The minimum absolute atomic E-state index is 0.0375. The molecule has 2 aromatic rings. The molecule has 0 radical (unpaired) electrons. The number of thioether (sulfide) groups is 1. The summed E-state index contributed by atoms with van der Waals surface area (Å²) in [6, 6.07) is 13.3. The van der Waals surface area contributed by atoms with Gasteiger partial charge in [-0.1, -0.05) is 17.7 Å². The molecule has 0 fully saturated rings. The van der Waals surface area contributed by atoms with Crippen molar-refractivity contribution in [1.29, 1.82) is 0 Å². The van der Waals surface area contributed by atoms with Crippen molar-refractivity contribution in [3.05, 3.63) is 59.9 Å². The first-order valence-electron chi connectivity index (χ1n) is 5.79. The van der Waals surface area contributed by atoms with Crippen LogP contribution in [0.3, 0.4) is 0 Å². The molecule has 0 aromatic heterocycles. The number of halogens is 1. The maximum Gasteiger partial charge on any atom is 0.231 e. The Hall–Kier alpha value is -1.81. The number of aryl methyl sites for hydroxylation is 1. The molecule has 2 aromatic carbocycles. The minimum atomic E-state index is -0.326. The van der Waals surface area contributed by atoms with Crippen molar-refractivity contribution in [3.8, 4) is 5.75 Å². The molecule has 2 rings (SSSR count). The molecular weight excluding hydrogens is 263 g/mol. The lowest BCUT2D eigenvalue weighted by atomic mass is 10.2. The molecule has 0 bridgehead atoms. The number of carbonyl (C=O) groups is 1. The van der Waals surface area contributed by atoms with Crippen LogP contribution in [0.4, 0.5) is 4.39 Å². The summed E-state index contributed by atoms with van der Waals surface area (Å²) in [4.78, 5) is 12.6. The van der Waals surface area contributed by atoms with Crippen LogP contribution in [0, 0.1) is 12.7 Å². The van der Waals surface area contributed by atoms with Crippen LogP contribution in [0.1, 0.15) is 5.56 Å². The van der Waals surface area contributed by atoms with E-state index in [1.54, 1.807) is 0 Å². The largest absolute Gasteiger partial charge is 0.485 e. The van der Waals surface area contributed by atoms with Gasteiger partial charge in [0.15, 0.2) is 6.61 Å². The van der Waals surface area contributed by atoms with Crippen molar-refractivity contribution in [2.45, 2.75) is 11.8 Å². The molecule has 0 N–H and O–H groups in total. The van der Waals surface area contributed by atoms with Crippen LogP contribution >= 0.6 is 11.8 Å². The Morgan fingerprint density at radius 2 is 1.74 bits per heavy atom. The molecule has 0 saturated heterocycles. The molecule has 0 atom stereocenters. The highest BCUT2D eigenvalue weighted by atomic mass is 32.2. The average molecular weight is 276 g/mol. The predicted octanol–water partition coefficient (Wildman–Crippen LogP) is 3.83. The molecule has 0 aliphatic carbocycles. The van der Waals surface area contributed by atoms with Crippen LogP contribution in [0.2, 0.25) is 0 Å². The van der Waals surface area contributed by atoms with E-state index in [-0.39, 0.29) is 17.5 Å². The normalized spacial score (nSPS) is 10.2. The van der Waals surface area contributed by atoms with Crippen LogP contribution in [0.25, 0.3) is 0 Å². The van der Waals surface area contributed by atoms with E-state index in [1.165, 1.54) is 24.3 Å². The average Bonchev–Trinajstić information content (AvgIpc) is 2.41. The molecule has 0 amide bonds. The summed E-state index contributed by atoms with van der Waals surface area (Å²) in [6.07, 6.45) is 0. The van der Waals surface area contributed by atoms with E-state index in [1.807, 2.05) is 31.2 Å². The second-order valence-electron chi connectivity index (χ2n) is 4.03. The Morgan fingerprint density at radius 3 is 2.37 bits per heavy atom. The lowest BCUT2D eigenvalue weighted by molar-refractivity contribution is -0.112. The number of rotatable bonds is 4. The third kappa shape index (κ3) is 4.41. The van der Waals surface area contributed by atoms with Crippen molar-refractivity contribution < 1.29 is 13.9 Å². The van der Waals surface area contributed by atoms with E-state index in [4.69, 9.17) is 4.74 Å². The fourth-order valence-electron chi connectivity index (χ4n) is 1.44. The summed E-state index contributed by atoms with van der Waals surface area (Å²) in [7, 11) is 0. The van der Waals surface area contributed by atoms with Crippen molar-refractivity contribution >= 4 is 16.9 Å². The van der Waals surface area contributed by atoms with Gasteiger partial charge in [-0.25, -0.2) is 4.39 Å². The van der Waals surface area contributed by atoms with Crippen molar-refractivity contribution in [2.24, 2.45) is 0 Å². The van der Waals surface area contributed by atoms with Crippen molar-refractivity contribution in [2.75, 3.05) is 6.61 Å². The third-order valence-electron chi connectivity index (χ3n) is 2.42. The van der Waals surface area contributed by atoms with E-state index in [0.29, 0.717) is 5.75 Å². The van der Waals surface area contributed by atoms with Gasteiger partial charge >= 0.3 is 0 Å². The number of benzene rings is 2. The van der Waals surface area contributed by atoms with Crippen LogP contribution < -0.4 is 4.74 Å². The summed E-state index contributed by atoms with van der Waals surface area (Å²) >= 11 is 1.14. The van der Waals surface area contributed by atoms with E-state index >= 15 is 0 Å². The standard InChI is InChI=1S/C15H13FO2S/c1-11-2-8-14(9-3-11)19-15(17)10-18-13-6-4-12(16)5-7-13/h2-9H,10H2,1H3. The molecule has 4 heteroatoms. The van der Waals surface area contributed by atoms with E-state index in [9.17, 15) is 9.18 Å². The second-order valence-corrected chi connectivity index (χ2v) is 5.16. The lowest BCUT2D eigenvalue weighted by Gasteiger charge is -2.05. The van der Waals surface area contributed by atoms with Gasteiger partial charge in [0.1, 0.15) is 11.6 Å². The maximum absolute atomic E-state index is 12.7. The molecule has 0 unspecified atom stereocenters. The van der Waals surface area contributed by atoms with E-state index in [0.717, 1.165) is 22.2 Å². The van der Waals surface area contributed by atoms with Gasteiger partial charge in [0.25, 0.3) is 0 Å². The lowest BCUT2D eigenvalue weighted by Crippen LogP contribution is -2.07. The smallest absolute Gasteiger partial charge is 0.231 e. The monoisotopic (exact) mass is 276 g/mol. The Kier molecular flexibility index (Phi) is 4.58. The summed E-state index contributed by atoms with van der Waals surface area (Å²) in [5, 5.41) is -0.0896. The molecule has 98 valence electrons. The Bertz CT molecular complexity index is 549. The quantitative estimate of drug-likeness (QED) is 0.794. The molecular formula is C15H13FO2S. The highest BCUT2D eigenvalue weighted by molar-refractivity contribution is 8.13. The summed E-state index contributed by atoms with van der Waals surface area (Å²) in [6.45, 7) is 1.96.